The molecule has 4 aromatic rings. The molecule has 0 saturated heterocycles. The summed E-state index contributed by atoms with van der Waals surface area (Å²) in [5, 5.41) is 4.18. The molecule has 0 N–H and O–H groups in total. The Kier molecular flexibility index (Phi) is 4.65. The molecule has 0 spiro atoms. The fourth-order valence-corrected chi connectivity index (χ4v) is 3.04. The van der Waals surface area contributed by atoms with E-state index < -0.39 is 0 Å². The molecule has 27 heavy (non-hydrogen) atoms. The number of fused-ring (bicyclic) bond motifs is 1. The van der Waals surface area contributed by atoms with E-state index in [2.05, 4.69) is 15.1 Å². The van der Waals surface area contributed by atoms with E-state index in [1.165, 1.54) is 0 Å². The summed E-state index contributed by atoms with van der Waals surface area (Å²) in [5.41, 5.74) is 2.97. The number of rotatable bonds is 6. The van der Waals surface area contributed by atoms with E-state index in [-0.39, 0.29) is 5.91 Å². The topological polar surface area (TPSA) is 68.8 Å². The van der Waals surface area contributed by atoms with Crippen molar-refractivity contribution >= 4 is 17.1 Å². The van der Waals surface area contributed by atoms with Gasteiger partial charge in [0.25, 0.3) is 5.91 Å². The van der Waals surface area contributed by atoms with E-state index in [0.717, 1.165) is 11.3 Å². The molecule has 0 aliphatic rings. The van der Waals surface area contributed by atoms with E-state index in [9.17, 15) is 4.79 Å². The van der Waals surface area contributed by atoms with E-state index in [4.69, 9.17) is 0 Å². The Bertz CT molecular complexity index is 1040. The van der Waals surface area contributed by atoms with Gasteiger partial charge in [-0.05, 0) is 31.2 Å². The van der Waals surface area contributed by atoms with Crippen LogP contribution in [0.4, 0.5) is 0 Å². The zero-order chi connectivity index (χ0) is 18.6. The standard InChI is InChI=1S/C20H20N6O/c1-2-24(11-12-25-10-6-9-23-25)20(27)16-13-18-19(21-14-16)26(15-22-18)17-7-4-3-5-8-17/h3-10,13-15H,2,11-12H2,1H3. The van der Waals surface area contributed by atoms with Crippen molar-refractivity contribution in [2.45, 2.75) is 13.5 Å². The number of benzene rings is 1. The van der Waals surface area contributed by atoms with Gasteiger partial charge in [-0.25, -0.2) is 9.97 Å². The van der Waals surface area contributed by atoms with E-state index >= 15 is 0 Å². The van der Waals surface area contributed by atoms with Crippen LogP contribution < -0.4 is 0 Å². The Morgan fingerprint density at radius 3 is 2.74 bits per heavy atom. The van der Waals surface area contributed by atoms with Crippen LogP contribution in [0.1, 0.15) is 17.3 Å². The highest BCUT2D eigenvalue weighted by molar-refractivity contribution is 5.96. The minimum absolute atomic E-state index is 0.0479. The van der Waals surface area contributed by atoms with Gasteiger partial charge in [-0.15, -0.1) is 0 Å². The number of hydrogen-bond donors (Lipinski definition) is 0. The summed E-state index contributed by atoms with van der Waals surface area (Å²) in [6, 6.07) is 13.6. The molecular formula is C20H20N6O. The molecule has 3 heterocycles. The van der Waals surface area contributed by atoms with Crippen molar-refractivity contribution in [1.82, 2.24) is 29.2 Å². The molecule has 3 aromatic heterocycles. The largest absolute Gasteiger partial charge is 0.337 e. The quantitative estimate of drug-likeness (QED) is 0.530. The Hall–Kier alpha value is -3.48. The van der Waals surface area contributed by atoms with E-state index in [0.29, 0.717) is 30.7 Å². The Morgan fingerprint density at radius 2 is 2.00 bits per heavy atom. The number of likely N-dealkylation sites (N-methyl/N-ethyl adjacent to an activating group) is 1. The van der Waals surface area contributed by atoms with Gasteiger partial charge in [0.15, 0.2) is 5.65 Å². The van der Waals surface area contributed by atoms with Gasteiger partial charge >= 0.3 is 0 Å². The lowest BCUT2D eigenvalue weighted by molar-refractivity contribution is 0.0757. The van der Waals surface area contributed by atoms with Gasteiger partial charge in [0, 0.05) is 37.4 Å². The zero-order valence-corrected chi connectivity index (χ0v) is 15.1. The van der Waals surface area contributed by atoms with Crippen molar-refractivity contribution in [3.8, 4) is 5.69 Å². The smallest absolute Gasteiger partial charge is 0.255 e. The second-order valence-electron chi connectivity index (χ2n) is 6.17. The number of pyridine rings is 1. The van der Waals surface area contributed by atoms with Crippen LogP contribution in [0.25, 0.3) is 16.9 Å². The predicted octanol–water partition coefficient (Wildman–Crippen LogP) is 2.78. The van der Waals surface area contributed by atoms with Crippen LogP contribution in [0.2, 0.25) is 0 Å². The summed E-state index contributed by atoms with van der Waals surface area (Å²) < 4.78 is 3.73. The summed E-state index contributed by atoms with van der Waals surface area (Å²) in [6.45, 7) is 3.84. The molecule has 0 saturated carbocycles. The lowest BCUT2D eigenvalue weighted by Crippen LogP contribution is -2.33. The Labute approximate surface area is 156 Å². The molecule has 0 aliphatic heterocycles. The van der Waals surface area contributed by atoms with Crippen LogP contribution in [0, 0.1) is 0 Å². The van der Waals surface area contributed by atoms with Crippen LogP contribution in [0.3, 0.4) is 0 Å². The first kappa shape index (κ1) is 17.0. The van der Waals surface area contributed by atoms with Crippen LogP contribution in [0.15, 0.2) is 67.4 Å². The summed E-state index contributed by atoms with van der Waals surface area (Å²) >= 11 is 0. The van der Waals surface area contributed by atoms with Crippen molar-refractivity contribution in [3.63, 3.8) is 0 Å². The highest BCUT2D eigenvalue weighted by atomic mass is 16.2. The molecule has 0 bridgehead atoms. The van der Waals surface area contributed by atoms with Crippen LogP contribution in [-0.4, -0.2) is 48.2 Å². The van der Waals surface area contributed by atoms with Crippen molar-refractivity contribution in [3.05, 3.63) is 72.9 Å². The molecular weight excluding hydrogens is 340 g/mol. The number of aromatic nitrogens is 5. The third-order valence-corrected chi connectivity index (χ3v) is 4.50. The average Bonchev–Trinajstić information content (AvgIpc) is 3.38. The maximum absolute atomic E-state index is 12.9. The van der Waals surface area contributed by atoms with Gasteiger partial charge in [-0.3, -0.25) is 14.0 Å². The molecule has 0 fully saturated rings. The lowest BCUT2D eigenvalue weighted by atomic mass is 10.2. The molecule has 1 amide bonds. The van der Waals surface area contributed by atoms with Crippen LogP contribution in [-0.2, 0) is 6.54 Å². The molecule has 1 aromatic carbocycles. The molecule has 0 unspecified atom stereocenters. The third-order valence-electron chi connectivity index (χ3n) is 4.50. The normalized spacial score (nSPS) is 11.0. The van der Waals surface area contributed by atoms with Crippen LogP contribution in [0.5, 0.6) is 0 Å². The lowest BCUT2D eigenvalue weighted by Gasteiger charge is -2.20. The molecule has 0 atom stereocenters. The Balaban J connectivity index is 1.57. The van der Waals surface area contributed by atoms with Crippen LogP contribution >= 0.6 is 0 Å². The summed E-state index contributed by atoms with van der Waals surface area (Å²) in [7, 11) is 0. The maximum Gasteiger partial charge on any atom is 0.255 e. The first-order valence-corrected chi connectivity index (χ1v) is 8.91. The minimum Gasteiger partial charge on any atom is -0.337 e. The minimum atomic E-state index is -0.0479. The number of carbonyl (C=O) groups is 1. The molecule has 0 radical (unpaired) electrons. The fourth-order valence-electron chi connectivity index (χ4n) is 3.04. The average molecular weight is 360 g/mol. The van der Waals surface area contributed by atoms with Gasteiger partial charge in [0.05, 0.1) is 12.1 Å². The van der Waals surface area contributed by atoms with E-state index in [1.807, 2.05) is 58.8 Å². The van der Waals surface area contributed by atoms with Gasteiger partial charge < -0.3 is 4.90 Å². The number of hydrogen-bond acceptors (Lipinski definition) is 4. The van der Waals surface area contributed by atoms with Gasteiger partial charge in [-0.2, -0.15) is 5.10 Å². The summed E-state index contributed by atoms with van der Waals surface area (Å²) in [4.78, 5) is 23.6. The van der Waals surface area contributed by atoms with Crippen molar-refractivity contribution in [1.29, 1.82) is 0 Å². The Morgan fingerprint density at radius 1 is 1.15 bits per heavy atom. The van der Waals surface area contributed by atoms with Gasteiger partial charge in [-0.1, -0.05) is 18.2 Å². The summed E-state index contributed by atoms with van der Waals surface area (Å²) in [5.74, 6) is -0.0479. The number of carbonyl (C=O) groups excluding carboxylic acids is 1. The monoisotopic (exact) mass is 360 g/mol. The third kappa shape index (κ3) is 3.44. The summed E-state index contributed by atoms with van der Waals surface area (Å²) in [6.07, 6.45) is 6.99. The maximum atomic E-state index is 12.9. The number of imidazole rings is 1. The van der Waals surface area contributed by atoms with Crippen molar-refractivity contribution < 1.29 is 4.79 Å². The first-order valence-electron chi connectivity index (χ1n) is 8.91. The fraction of sp³-hybridized carbons (Fsp3) is 0.200. The molecule has 136 valence electrons. The van der Waals surface area contributed by atoms with Gasteiger partial charge in [0.2, 0.25) is 0 Å². The SMILES string of the molecule is CCN(CCn1cccn1)C(=O)c1cnc2c(c1)ncn2-c1ccccc1. The van der Waals surface area contributed by atoms with E-state index in [1.54, 1.807) is 29.7 Å². The molecule has 4 rings (SSSR count). The second kappa shape index (κ2) is 7.41. The number of amides is 1. The predicted molar refractivity (Wildman–Crippen MR) is 103 cm³/mol. The molecule has 0 aliphatic carbocycles. The molecule has 7 nitrogen and oxygen atoms in total. The second-order valence-corrected chi connectivity index (χ2v) is 6.17. The van der Waals surface area contributed by atoms with Crippen molar-refractivity contribution in [2.24, 2.45) is 0 Å². The molecule has 7 heteroatoms. The number of nitrogens with zero attached hydrogens (tertiary/aromatic N) is 6. The first-order chi connectivity index (χ1) is 13.3. The highest BCUT2D eigenvalue weighted by Crippen LogP contribution is 2.18. The van der Waals surface area contributed by atoms with Gasteiger partial charge in [0.1, 0.15) is 11.8 Å². The highest BCUT2D eigenvalue weighted by Gasteiger charge is 2.16. The zero-order valence-electron chi connectivity index (χ0n) is 15.1. The number of para-hydroxylation sites is 1. The van der Waals surface area contributed by atoms with Crippen molar-refractivity contribution in [2.75, 3.05) is 13.1 Å².